The summed E-state index contributed by atoms with van der Waals surface area (Å²) in [6.07, 6.45) is 0. The fourth-order valence-corrected chi connectivity index (χ4v) is 25.1. The van der Waals surface area contributed by atoms with Gasteiger partial charge >= 0.3 is 0 Å². The fourth-order valence-electron chi connectivity index (χ4n) is 25.1. The van der Waals surface area contributed by atoms with E-state index in [-0.39, 0.29) is 0 Å². The van der Waals surface area contributed by atoms with Gasteiger partial charge in [0.2, 0.25) is 0 Å². The lowest BCUT2D eigenvalue weighted by atomic mass is 9.88. The SMILES string of the molecule is c1ccc2cc(-c3cc4c(cc5c6ccccc6c6cccc4c65)c4cc5c(cc34)c3cccc4cccc5c43)ccc2c1.c1ccc2cc(-c3cc4c(cc5c6ccccc6c6cccc4c65)c4cc5c(cc34)c3cccc4cccc5c43)ccc2c1.c1ccc2cc(-c3ccc4c5ccccc5c5cc6c7cc8c(cc7ccc6c3c45)c3cccc4cccc8c43)ccc2c1. The summed E-state index contributed by atoms with van der Waals surface area (Å²) in [6, 6.07) is 164. The van der Waals surface area contributed by atoms with Crippen LogP contribution in [0, 0.1) is 0 Å². The van der Waals surface area contributed by atoms with Gasteiger partial charge in [0, 0.05) is 0 Å². The Morgan fingerprint density at radius 1 is 0.0758 bits per heavy atom. The number of benzene rings is 27. The summed E-state index contributed by atoms with van der Waals surface area (Å²) in [5.41, 5.74) is 7.67. The zero-order valence-corrected chi connectivity index (χ0v) is 71.6. The van der Waals surface area contributed by atoms with Crippen LogP contribution < -0.4 is 0 Å². The summed E-state index contributed by atoms with van der Waals surface area (Å²) in [7, 11) is 0. The molecule has 0 aliphatic carbocycles. The molecule has 0 radical (unpaired) electrons. The highest BCUT2D eigenvalue weighted by Gasteiger charge is 2.27. The molecular formula is C132H72. The summed E-state index contributed by atoms with van der Waals surface area (Å²) >= 11 is 0. The van der Waals surface area contributed by atoms with Gasteiger partial charge in [0.1, 0.15) is 0 Å². The zero-order valence-electron chi connectivity index (χ0n) is 71.6. The number of hydrogen-bond acceptors (Lipinski definition) is 0. The van der Waals surface area contributed by atoms with Gasteiger partial charge in [-0.2, -0.15) is 0 Å². The van der Waals surface area contributed by atoms with E-state index in [2.05, 4.69) is 437 Å². The van der Waals surface area contributed by atoms with Gasteiger partial charge in [-0.15, -0.1) is 0 Å². The van der Waals surface area contributed by atoms with E-state index < -0.39 is 0 Å². The molecule has 0 saturated heterocycles. The van der Waals surface area contributed by atoms with Gasteiger partial charge in [-0.3, -0.25) is 0 Å². The van der Waals surface area contributed by atoms with E-state index in [1.807, 2.05) is 0 Å². The van der Waals surface area contributed by atoms with Crippen molar-refractivity contribution in [2.75, 3.05) is 0 Å². The topological polar surface area (TPSA) is 0 Å². The maximum absolute atomic E-state index is 2.50. The first-order valence-electron chi connectivity index (χ1n) is 46.3. The first-order valence-corrected chi connectivity index (χ1v) is 46.3. The van der Waals surface area contributed by atoms with Crippen molar-refractivity contribution in [1.82, 2.24) is 0 Å². The van der Waals surface area contributed by atoms with Crippen LogP contribution in [0.1, 0.15) is 0 Å². The minimum Gasteiger partial charge on any atom is -0.0616 e. The second-order valence-corrected chi connectivity index (χ2v) is 37.3. The molecule has 33 aromatic rings. The molecule has 0 N–H and O–H groups in total. The van der Waals surface area contributed by atoms with Crippen molar-refractivity contribution in [3.63, 3.8) is 0 Å². The molecule has 0 nitrogen and oxygen atoms in total. The molecule has 33 rings (SSSR count). The molecule has 0 unspecified atom stereocenters. The van der Waals surface area contributed by atoms with Crippen LogP contribution in [0.25, 0.3) is 324 Å². The van der Waals surface area contributed by atoms with Crippen molar-refractivity contribution in [1.29, 1.82) is 0 Å². The first-order chi connectivity index (χ1) is 65.4. The Morgan fingerprint density at radius 3 is 0.682 bits per heavy atom. The number of rotatable bonds is 3. The first kappa shape index (κ1) is 70.9. The molecule has 0 aliphatic rings. The third-order valence-corrected chi connectivity index (χ3v) is 30.9. The molecule has 0 saturated carbocycles. The summed E-state index contributed by atoms with van der Waals surface area (Å²) in [4.78, 5) is 0. The molecule has 0 spiro atoms. The Labute approximate surface area is 755 Å². The monoisotopic (exact) mass is 1660 g/mol. The zero-order chi connectivity index (χ0) is 85.6. The third kappa shape index (κ3) is 9.68. The highest BCUT2D eigenvalue weighted by Crippen LogP contribution is 2.55. The predicted octanol–water partition coefficient (Wildman–Crippen LogP) is 37.8. The molecule has 0 aromatic heterocycles. The van der Waals surface area contributed by atoms with Crippen LogP contribution in [0.4, 0.5) is 0 Å². The molecule has 0 bridgehead atoms. The minimum atomic E-state index is 1.26. The van der Waals surface area contributed by atoms with Crippen molar-refractivity contribution < 1.29 is 0 Å². The maximum Gasteiger partial charge on any atom is -0.00137 e. The fraction of sp³-hybridized carbons (Fsp3) is 0. The third-order valence-electron chi connectivity index (χ3n) is 30.9. The van der Waals surface area contributed by atoms with Crippen molar-refractivity contribution in [3.05, 3.63) is 437 Å². The lowest BCUT2D eigenvalue weighted by Gasteiger charge is -2.15. The summed E-state index contributed by atoms with van der Waals surface area (Å²) < 4.78 is 0. The van der Waals surface area contributed by atoms with Crippen LogP contribution in [0.2, 0.25) is 0 Å². The van der Waals surface area contributed by atoms with Crippen LogP contribution in [0.3, 0.4) is 0 Å². The predicted molar refractivity (Wildman–Crippen MR) is 575 cm³/mol. The summed E-state index contributed by atoms with van der Waals surface area (Å²) in [5, 5.41) is 71.9. The number of fused-ring (bicyclic) bond motifs is 33. The smallest absolute Gasteiger partial charge is 0.00137 e. The molecule has 0 aliphatic heterocycles. The van der Waals surface area contributed by atoms with E-state index in [1.165, 1.54) is 324 Å². The normalized spacial score (nSPS) is 12.5. The molecule has 33 aromatic carbocycles. The van der Waals surface area contributed by atoms with E-state index in [0.29, 0.717) is 0 Å². The Morgan fingerprint density at radius 2 is 0.295 bits per heavy atom. The van der Waals surface area contributed by atoms with E-state index >= 15 is 0 Å². The van der Waals surface area contributed by atoms with Crippen LogP contribution in [-0.2, 0) is 0 Å². The van der Waals surface area contributed by atoms with Crippen molar-refractivity contribution in [2.45, 2.75) is 0 Å². The standard InChI is InChI=1S/3C44H24/c2*1-2-9-27-20-28(19-18-25(27)8-1)35-21-36-34-17-7-16-31-29-12-3-4-13-30(29)42(44(31)34)24-41(36)40-23-38-33-15-6-11-26-10-5-14-32(43(26)33)37(38)22-39(35)40;1-2-8-27-21-28(16-15-25(27)7-1)30-19-20-35-31-11-3-4-12-32(31)41-24-39-36(43(30)44(35)41)18-17-29-22-38-33-13-5-9-26-10-6-14-34(42(26)33)40(38)23-37(29)39/h3*1-24H. The van der Waals surface area contributed by atoms with Gasteiger partial charge in [-0.1, -0.05) is 352 Å². The van der Waals surface area contributed by atoms with E-state index in [4.69, 9.17) is 0 Å². The Bertz CT molecular complexity index is 10500. The van der Waals surface area contributed by atoms with E-state index in [0.717, 1.165) is 0 Å². The van der Waals surface area contributed by atoms with Gasteiger partial charge < -0.3 is 0 Å². The maximum atomic E-state index is 2.50. The molecule has 0 amide bonds. The Hall–Kier alpha value is -17.2. The molecular weight excluding hydrogens is 1590 g/mol. The second kappa shape index (κ2) is 26.3. The average molecular weight is 1660 g/mol. The van der Waals surface area contributed by atoms with Gasteiger partial charge in [0.15, 0.2) is 0 Å². The largest absolute Gasteiger partial charge is 0.0616 e. The number of hydrogen-bond donors (Lipinski definition) is 0. The molecule has 0 heterocycles. The molecule has 600 valence electrons. The van der Waals surface area contributed by atoms with E-state index in [9.17, 15) is 0 Å². The average Bonchev–Trinajstić information content (AvgIpc) is 1.54. The van der Waals surface area contributed by atoms with Crippen molar-refractivity contribution >= 4 is 291 Å². The highest BCUT2D eigenvalue weighted by molar-refractivity contribution is 6.44. The molecule has 132 heavy (non-hydrogen) atoms. The Kier molecular flexibility index (Phi) is 14.1. The molecule has 0 heteroatoms. The lowest BCUT2D eigenvalue weighted by Crippen LogP contribution is -1.87. The van der Waals surface area contributed by atoms with Crippen LogP contribution in [0.15, 0.2) is 437 Å². The van der Waals surface area contributed by atoms with Crippen LogP contribution in [-0.4, -0.2) is 0 Å². The van der Waals surface area contributed by atoms with Crippen molar-refractivity contribution in [3.8, 4) is 33.4 Å². The quantitative estimate of drug-likeness (QED) is 0.155. The van der Waals surface area contributed by atoms with E-state index in [1.54, 1.807) is 0 Å². The van der Waals surface area contributed by atoms with Gasteiger partial charge in [-0.25, -0.2) is 0 Å². The van der Waals surface area contributed by atoms with Crippen molar-refractivity contribution in [2.24, 2.45) is 0 Å². The molecule has 0 fully saturated rings. The molecule has 0 atom stereocenters. The van der Waals surface area contributed by atoms with Gasteiger partial charge in [-0.05, 0) is 409 Å². The lowest BCUT2D eigenvalue weighted by molar-refractivity contribution is 1.71. The van der Waals surface area contributed by atoms with Gasteiger partial charge in [0.05, 0.1) is 0 Å². The summed E-state index contributed by atoms with van der Waals surface area (Å²) in [5.74, 6) is 0. The van der Waals surface area contributed by atoms with Crippen LogP contribution >= 0.6 is 0 Å². The van der Waals surface area contributed by atoms with Gasteiger partial charge in [0.25, 0.3) is 0 Å². The Balaban J connectivity index is 0.0000000932. The second-order valence-electron chi connectivity index (χ2n) is 37.3. The summed E-state index contributed by atoms with van der Waals surface area (Å²) in [6.45, 7) is 0. The van der Waals surface area contributed by atoms with Crippen LogP contribution in [0.5, 0.6) is 0 Å². The minimum absolute atomic E-state index is 1.26. The highest BCUT2D eigenvalue weighted by atomic mass is 14.3.